The number of rotatable bonds is 10. The molecule has 0 aliphatic carbocycles. The minimum atomic E-state index is -4.93. The fraction of sp³-hybridized carbons (Fsp3) is 0.333. The first kappa shape index (κ1) is 37.6. The number of pyridine rings is 2. The number of hydrogen-bond acceptors (Lipinski definition) is 6. The monoisotopic (exact) mass is 713 g/mol. The Morgan fingerprint density at radius 1 is 1.02 bits per heavy atom. The summed E-state index contributed by atoms with van der Waals surface area (Å²) in [5.74, 6) is -6.33. The third-order valence-corrected chi connectivity index (χ3v) is 8.13. The van der Waals surface area contributed by atoms with Crippen LogP contribution in [0.25, 0.3) is 22.0 Å². The second-order valence-corrected chi connectivity index (χ2v) is 11.7. The van der Waals surface area contributed by atoms with Crippen molar-refractivity contribution in [2.45, 2.75) is 51.1 Å². The van der Waals surface area contributed by atoms with Gasteiger partial charge in [-0.2, -0.15) is 26.3 Å². The van der Waals surface area contributed by atoms with Crippen LogP contribution >= 0.6 is 0 Å². The average molecular weight is 714 g/mol. The quantitative estimate of drug-likeness (QED) is 0.162. The van der Waals surface area contributed by atoms with Crippen molar-refractivity contribution in [3.05, 3.63) is 87.0 Å². The van der Waals surface area contributed by atoms with Crippen LogP contribution < -0.4 is 21.1 Å². The predicted molar refractivity (Wildman–Crippen MR) is 169 cm³/mol. The highest BCUT2D eigenvalue weighted by Gasteiger charge is 2.39. The predicted octanol–water partition coefficient (Wildman–Crippen LogP) is 6.45. The number of fused-ring (bicyclic) bond motifs is 1. The molecule has 0 spiro atoms. The second kappa shape index (κ2) is 14.0. The highest BCUT2D eigenvalue weighted by molar-refractivity contribution is 5.99. The first-order valence-corrected chi connectivity index (χ1v) is 14.9. The van der Waals surface area contributed by atoms with Gasteiger partial charge in [-0.1, -0.05) is 19.1 Å². The van der Waals surface area contributed by atoms with Gasteiger partial charge in [0.2, 0.25) is 0 Å². The maximum atomic E-state index is 14.9. The van der Waals surface area contributed by atoms with Crippen LogP contribution in [0.2, 0.25) is 0 Å². The van der Waals surface area contributed by atoms with Crippen LogP contribution in [0.5, 0.6) is 0 Å². The Morgan fingerprint density at radius 3 is 2.16 bits per heavy atom. The van der Waals surface area contributed by atoms with Crippen LogP contribution in [-0.4, -0.2) is 58.9 Å². The summed E-state index contributed by atoms with van der Waals surface area (Å²) >= 11 is 0. The molecule has 0 aliphatic heterocycles. The van der Waals surface area contributed by atoms with Gasteiger partial charge in [-0.3, -0.25) is 14.6 Å². The molecule has 9 nitrogen and oxygen atoms in total. The zero-order valence-electron chi connectivity index (χ0n) is 27.1. The number of hydrogen-bond donors (Lipinski definition) is 3. The molecule has 50 heavy (non-hydrogen) atoms. The van der Waals surface area contributed by atoms with Gasteiger partial charge in [0.1, 0.15) is 29.3 Å². The summed E-state index contributed by atoms with van der Waals surface area (Å²) in [6.45, 7) is 2.53. The zero-order valence-corrected chi connectivity index (χ0v) is 27.1. The number of anilines is 2. The number of alkyl halides is 6. The lowest BCUT2D eigenvalue weighted by molar-refractivity contribution is -0.143. The number of amides is 1. The largest absolute Gasteiger partial charge is 0.480 e. The highest BCUT2D eigenvalue weighted by Crippen LogP contribution is 2.39. The molecule has 4 aromatic rings. The number of aliphatic carboxylic acids is 1. The number of nitrogens with zero attached hydrogens (tertiary/aromatic N) is 3. The minimum Gasteiger partial charge on any atom is -0.480 e. The summed E-state index contributed by atoms with van der Waals surface area (Å²) in [7, 11) is 4.58. The van der Waals surface area contributed by atoms with Crippen molar-refractivity contribution in [3.63, 3.8) is 0 Å². The van der Waals surface area contributed by atoms with Crippen LogP contribution in [0.15, 0.2) is 47.4 Å². The molecular weight excluding hydrogens is 682 g/mol. The van der Waals surface area contributed by atoms with Gasteiger partial charge in [-0.05, 0) is 43.2 Å². The van der Waals surface area contributed by atoms with E-state index in [1.807, 2.05) is 10.6 Å². The molecule has 268 valence electrons. The van der Waals surface area contributed by atoms with Gasteiger partial charge in [0.15, 0.2) is 0 Å². The summed E-state index contributed by atoms with van der Waals surface area (Å²) in [4.78, 5) is 44.5. The Balaban J connectivity index is 1.78. The van der Waals surface area contributed by atoms with E-state index in [0.717, 1.165) is 16.7 Å². The molecule has 0 fully saturated rings. The molecule has 4 rings (SSSR count). The first-order chi connectivity index (χ1) is 23.1. The third kappa shape index (κ3) is 7.65. The molecule has 17 heteroatoms. The minimum absolute atomic E-state index is 0.0418. The van der Waals surface area contributed by atoms with Crippen molar-refractivity contribution < 1.29 is 49.8 Å². The number of halogens is 8. The van der Waals surface area contributed by atoms with E-state index < -0.39 is 88.7 Å². The van der Waals surface area contributed by atoms with E-state index in [0.29, 0.717) is 17.8 Å². The van der Waals surface area contributed by atoms with Crippen molar-refractivity contribution in [1.29, 1.82) is 0 Å². The van der Waals surface area contributed by atoms with E-state index in [4.69, 9.17) is 0 Å². The molecule has 3 N–H and O–H groups in total. The lowest BCUT2D eigenvalue weighted by Gasteiger charge is -2.22. The van der Waals surface area contributed by atoms with Gasteiger partial charge in [0.05, 0.1) is 28.5 Å². The van der Waals surface area contributed by atoms with E-state index in [9.17, 15) is 54.6 Å². The molecule has 2 atom stereocenters. The summed E-state index contributed by atoms with van der Waals surface area (Å²) < 4.78 is 113. The molecule has 0 bridgehead atoms. The molecule has 0 aliphatic rings. The number of nitrogens with one attached hydrogen (secondary N) is 2. The topological polar surface area (TPSA) is 117 Å². The number of benzene rings is 2. The summed E-state index contributed by atoms with van der Waals surface area (Å²) in [6.07, 6.45) is -9.38. The number of aromatic nitrogens is 2. The normalized spacial score (nSPS) is 13.2. The van der Waals surface area contributed by atoms with E-state index in [2.05, 4.69) is 4.98 Å². The van der Waals surface area contributed by atoms with Crippen LogP contribution in [0, 0.1) is 18.6 Å². The second-order valence-electron chi connectivity index (χ2n) is 11.7. The number of carbonyl (C=O) groups is 2. The van der Waals surface area contributed by atoms with E-state index in [-0.39, 0.29) is 27.7 Å². The number of carbonyl (C=O) groups excluding carboxylic acids is 1. The average Bonchev–Trinajstić information content (AvgIpc) is 3.00. The third-order valence-electron chi connectivity index (χ3n) is 8.13. The number of carboxylic acids is 1. The molecule has 1 amide bonds. The molecule has 2 heterocycles. The molecule has 2 aromatic carbocycles. The molecule has 0 radical (unpaired) electrons. The highest BCUT2D eigenvalue weighted by atomic mass is 19.4. The lowest BCUT2D eigenvalue weighted by Crippen LogP contribution is -2.43. The van der Waals surface area contributed by atoms with Crippen molar-refractivity contribution >= 4 is 34.2 Å². The standard InChI is InChI=1S/C33H31F8N5O4/c1-6-25(33(39,40)41)43-17-11-22(34)27(23(35)12-17)29(47)44-24(31(49)50)10-16-7-8-19(28-20(16)13-18(14-42-28)45(3)4)26-21(32(36,37)38)9-15(2)46(5)30(26)48/h7-9,11-14,24-25,43H,6,10H2,1-5H3,(H,44,47)(H,49,50)/t24-,25+/m0/s1. The van der Waals surface area contributed by atoms with E-state index >= 15 is 0 Å². The molecule has 0 saturated carbocycles. The fourth-order valence-electron chi connectivity index (χ4n) is 5.34. The van der Waals surface area contributed by atoms with Crippen molar-refractivity contribution in [2.75, 3.05) is 24.3 Å². The SMILES string of the molecule is CC[C@@H](Nc1cc(F)c(C(=O)N[C@@H](Cc2ccc(-c3c(C(F)(F)F)cc(C)n(C)c3=O)c3ncc(N(C)C)cc23)C(=O)O)c(F)c1)C(F)(F)F. The fourth-order valence-corrected chi connectivity index (χ4v) is 5.34. The van der Waals surface area contributed by atoms with Gasteiger partial charge < -0.3 is 25.2 Å². The van der Waals surface area contributed by atoms with Gasteiger partial charge in [0.25, 0.3) is 11.5 Å². The molecular formula is C33H31F8N5O4. The van der Waals surface area contributed by atoms with Crippen molar-refractivity contribution in [3.8, 4) is 11.1 Å². The maximum absolute atomic E-state index is 14.9. The summed E-state index contributed by atoms with van der Waals surface area (Å²) in [5, 5.41) is 14.0. The van der Waals surface area contributed by atoms with Gasteiger partial charge in [0, 0.05) is 49.9 Å². The van der Waals surface area contributed by atoms with Crippen LogP contribution in [0.1, 0.15) is 40.5 Å². The summed E-state index contributed by atoms with van der Waals surface area (Å²) in [6, 6.07) is 1.65. The Labute approximate surface area is 279 Å². The van der Waals surface area contributed by atoms with Crippen molar-refractivity contribution in [1.82, 2.24) is 14.9 Å². The maximum Gasteiger partial charge on any atom is 0.417 e. The van der Waals surface area contributed by atoms with Crippen LogP contribution in [0.3, 0.4) is 0 Å². The van der Waals surface area contributed by atoms with Gasteiger partial charge in [-0.15, -0.1) is 0 Å². The number of carboxylic acid groups (broad SMARTS) is 1. The van der Waals surface area contributed by atoms with E-state index in [1.54, 1.807) is 19.0 Å². The lowest BCUT2D eigenvalue weighted by atomic mass is 9.93. The molecule has 0 unspecified atom stereocenters. The molecule has 0 saturated heterocycles. The van der Waals surface area contributed by atoms with E-state index in [1.165, 1.54) is 39.2 Å². The van der Waals surface area contributed by atoms with Crippen LogP contribution in [0.4, 0.5) is 46.5 Å². The summed E-state index contributed by atoms with van der Waals surface area (Å²) in [5.41, 5.74) is -4.43. The first-order valence-electron chi connectivity index (χ1n) is 14.9. The zero-order chi connectivity index (χ0) is 37.5. The smallest absolute Gasteiger partial charge is 0.417 e. The Bertz CT molecular complexity index is 2000. The Hall–Kier alpha value is -5.22. The van der Waals surface area contributed by atoms with Crippen LogP contribution in [-0.2, 0) is 24.4 Å². The Morgan fingerprint density at radius 2 is 1.64 bits per heavy atom. The Kier molecular flexibility index (Phi) is 10.5. The molecule has 2 aromatic heterocycles. The van der Waals surface area contributed by atoms with Crippen molar-refractivity contribution in [2.24, 2.45) is 7.05 Å². The van der Waals surface area contributed by atoms with Gasteiger partial charge in [-0.25, -0.2) is 13.6 Å². The number of aryl methyl sites for hydroxylation is 1. The van der Waals surface area contributed by atoms with Gasteiger partial charge >= 0.3 is 18.3 Å².